The fraction of sp³-hybridized carbons (Fsp3) is 0.500. The third-order valence-corrected chi connectivity index (χ3v) is 3.05. The number of hydrogen-bond donors (Lipinski definition) is 3. The van der Waals surface area contributed by atoms with Gasteiger partial charge in [0, 0.05) is 6.07 Å². The standard InChI is InChI=1S/C14H21ClN2O3/c1-9(2)6-10(8-18)16-14(19)17-13-5-4-11(20-3)7-12(13)15/h4-5,7,9-10,18H,6,8H2,1-3H3,(H2,16,17,19). The fourth-order valence-corrected chi connectivity index (χ4v) is 2.03. The minimum absolute atomic E-state index is 0.0953. The van der Waals surface area contributed by atoms with Gasteiger partial charge in [-0.1, -0.05) is 25.4 Å². The van der Waals surface area contributed by atoms with Crippen LogP contribution in [0.2, 0.25) is 5.02 Å². The summed E-state index contributed by atoms with van der Waals surface area (Å²) in [6, 6.07) is 4.33. The second-order valence-corrected chi connectivity index (χ2v) is 5.36. The number of nitrogens with one attached hydrogen (secondary N) is 2. The Morgan fingerprint density at radius 1 is 1.45 bits per heavy atom. The number of hydrogen-bond acceptors (Lipinski definition) is 3. The molecule has 0 fully saturated rings. The Balaban J connectivity index is 2.61. The van der Waals surface area contributed by atoms with E-state index in [4.69, 9.17) is 16.3 Å². The number of anilines is 1. The molecule has 3 N–H and O–H groups in total. The summed E-state index contributed by atoms with van der Waals surface area (Å²) in [6.45, 7) is 3.97. The van der Waals surface area contributed by atoms with Crippen molar-refractivity contribution in [3.8, 4) is 5.75 Å². The number of aliphatic hydroxyl groups is 1. The maximum absolute atomic E-state index is 11.8. The van der Waals surface area contributed by atoms with Crippen LogP contribution in [-0.4, -0.2) is 30.9 Å². The third-order valence-electron chi connectivity index (χ3n) is 2.74. The number of rotatable bonds is 6. The van der Waals surface area contributed by atoms with Crippen LogP contribution in [0.1, 0.15) is 20.3 Å². The highest BCUT2D eigenvalue weighted by Gasteiger charge is 2.14. The Kier molecular flexibility index (Phi) is 6.61. The van der Waals surface area contributed by atoms with Gasteiger partial charge in [-0.15, -0.1) is 0 Å². The molecule has 1 rings (SSSR count). The van der Waals surface area contributed by atoms with Crippen LogP contribution in [0, 0.1) is 5.92 Å². The molecule has 0 spiro atoms. The molecule has 20 heavy (non-hydrogen) atoms. The van der Waals surface area contributed by atoms with Gasteiger partial charge in [0.05, 0.1) is 30.5 Å². The molecule has 112 valence electrons. The average Bonchev–Trinajstić information content (AvgIpc) is 2.39. The molecular formula is C14H21ClN2O3. The van der Waals surface area contributed by atoms with Crippen LogP contribution < -0.4 is 15.4 Å². The first kappa shape index (κ1) is 16.6. The van der Waals surface area contributed by atoms with Crippen molar-refractivity contribution in [2.45, 2.75) is 26.3 Å². The molecule has 0 aliphatic rings. The third kappa shape index (κ3) is 5.27. The minimum atomic E-state index is -0.392. The van der Waals surface area contributed by atoms with Gasteiger partial charge in [0.1, 0.15) is 5.75 Å². The fourth-order valence-electron chi connectivity index (χ4n) is 1.82. The van der Waals surface area contributed by atoms with Crippen molar-refractivity contribution in [2.75, 3.05) is 19.0 Å². The lowest BCUT2D eigenvalue weighted by Crippen LogP contribution is -2.41. The molecule has 6 heteroatoms. The number of urea groups is 1. The number of halogens is 1. The van der Waals surface area contributed by atoms with Crippen molar-refractivity contribution >= 4 is 23.3 Å². The summed E-state index contributed by atoms with van der Waals surface area (Å²) in [4.78, 5) is 11.8. The lowest BCUT2D eigenvalue weighted by Gasteiger charge is -2.19. The Bertz CT molecular complexity index is 452. The Morgan fingerprint density at radius 3 is 2.65 bits per heavy atom. The van der Waals surface area contributed by atoms with Gasteiger partial charge in [-0.2, -0.15) is 0 Å². The smallest absolute Gasteiger partial charge is 0.319 e. The molecule has 0 aliphatic carbocycles. The maximum Gasteiger partial charge on any atom is 0.319 e. The molecule has 0 bridgehead atoms. The number of aliphatic hydroxyl groups excluding tert-OH is 1. The molecule has 1 aromatic carbocycles. The van der Waals surface area contributed by atoms with Crippen molar-refractivity contribution in [3.63, 3.8) is 0 Å². The number of methoxy groups -OCH3 is 1. The minimum Gasteiger partial charge on any atom is -0.497 e. The van der Waals surface area contributed by atoms with Gasteiger partial charge in [-0.3, -0.25) is 0 Å². The van der Waals surface area contributed by atoms with Gasteiger partial charge < -0.3 is 20.5 Å². The van der Waals surface area contributed by atoms with Crippen LogP contribution in [0.25, 0.3) is 0 Å². The normalized spacial score (nSPS) is 12.1. The molecular weight excluding hydrogens is 280 g/mol. The first-order chi connectivity index (χ1) is 9.46. The van der Waals surface area contributed by atoms with Crippen molar-refractivity contribution in [3.05, 3.63) is 23.2 Å². The van der Waals surface area contributed by atoms with Crippen molar-refractivity contribution in [2.24, 2.45) is 5.92 Å². The molecule has 5 nitrogen and oxygen atoms in total. The van der Waals surface area contributed by atoms with E-state index in [0.29, 0.717) is 28.8 Å². The average molecular weight is 301 g/mol. The van der Waals surface area contributed by atoms with Crippen LogP contribution in [0.15, 0.2) is 18.2 Å². The zero-order valence-electron chi connectivity index (χ0n) is 11.9. The Morgan fingerprint density at radius 2 is 2.15 bits per heavy atom. The lowest BCUT2D eigenvalue weighted by atomic mass is 10.0. The highest BCUT2D eigenvalue weighted by Crippen LogP contribution is 2.26. The summed E-state index contributed by atoms with van der Waals surface area (Å²) < 4.78 is 5.03. The van der Waals surface area contributed by atoms with Crippen LogP contribution in [0.4, 0.5) is 10.5 Å². The summed E-state index contributed by atoms with van der Waals surface area (Å²) in [7, 11) is 1.54. The van der Waals surface area contributed by atoms with E-state index in [-0.39, 0.29) is 12.6 Å². The second-order valence-electron chi connectivity index (χ2n) is 4.95. The van der Waals surface area contributed by atoms with E-state index in [1.165, 1.54) is 0 Å². The topological polar surface area (TPSA) is 70.6 Å². The SMILES string of the molecule is COc1ccc(NC(=O)NC(CO)CC(C)C)c(Cl)c1. The van der Waals surface area contributed by atoms with Gasteiger partial charge in [0.2, 0.25) is 0 Å². The zero-order chi connectivity index (χ0) is 15.1. The molecule has 0 heterocycles. The predicted molar refractivity (Wildman–Crippen MR) is 80.5 cm³/mol. The largest absolute Gasteiger partial charge is 0.497 e. The number of carbonyl (C=O) groups is 1. The highest BCUT2D eigenvalue weighted by atomic mass is 35.5. The molecule has 2 amide bonds. The summed E-state index contributed by atoms with van der Waals surface area (Å²) in [5.41, 5.74) is 0.492. The van der Waals surface area contributed by atoms with Crippen molar-refractivity contribution < 1.29 is 14.6 Å². The zero-order valence-corrected chi connectivity index (χ0v) is 12.7. The van der Waals surface area contributed by atoms with E-state index in [9.17, 15) is 9.90 Å². The Labute approximate surface area is 124 Å². The van der Waals surface area contributed by atoms with Crippen molar-refractivity contribution in [1.29, 1.82) is 0 Å². The molecule has 0 aromatic heterocycles. The number of amides is 2. The van der Waals surface area contributed by atoms with Gasteiger partial charge in [0.15, 0.2) is 0 Å². The van der Waals surface area contributed by atoms with Crippen molar-refractivity contribution in [1.82, 2.24) is 5.32 Å². The van der Waals surface area contributed by atoms with Crippen LogP contribution in [0.3, 0.4) is 0 Å². The Hall–Kier alpha value is -1.46. The van der Waals surface area contributed by atoms with Gasteiger partial charge in [0.25, 0.3) is 0 Å². The number of benzene rings is 1. The summed E-state index contributed by atoms with van der Waals surface area (Å²) in [5.74, 6) is 1.01. The molecule has 0 aliphatic heterocycles. The van der Waals surface area contributed by atoms with Gasteiger partial charge >= 0.3 is 6.03 Å². The van der Waals surface area contributed by atoms with E-state index in [1.807, 2.05) is 13.8 Å². The van der Waals surface area contributed by atoms with E-state index < -0.39 is 6.03 Å². The van der Waals surface area contributed by atoms with E-state index in [2.05, 4.69) is 10.6 Å². The number of carbonyl (C=O) groups excluding carboxylic acids is 1. The molecule has 0 saturated carbocycles. The molecule has 1 unspecified atom stereocenters. The van der Waals surface area contributed by atoms with E-state index in [0.717, 1.165) is 0 Å². The molecule has 1 atom stereocenters. The molecule has 0 radical (unpaired) electrons. The molecule has 1 aromatic rings. The van der Waals surface area contributed by atoms with E-state index >= 15 is 0 Å². The van der Waals surface area contributed by atoms with E-state index in [1.54, 1.807) is 25.3 Å². The molecule has 0 saturated heterocycles. The van der Waals surface area contributed by atoms with Crippen LogP contribution in [0.5, 0.6) is 5.75 Å². The first-order valence-electron chi connectivity index (χ1n) is 6.48. The quantitative estimate of drug-likeness (QED) is 0.756. The summed E-state index contributed by atoms with van der Waals surface area (Å²) >= 11 is 6.04. The van der Waals surface area contributed by atoms with Crippen LogP contribution in [-0.2, 0) is 0 Å². The first-order valence-corrected chi connectivity index (χ1v) is 6.86. The maximum atomic E-state index is 11.8. The van der Waals surface area contributed by atoms with Gasteiger partial charge in [-0.25, -0.2) is 4.79 Å². The van der Waals surface area contributed by atoms with Gasteiger partial charge in [-0.05, 0) is 24.5 Å². The summed E-state index contributed by atoms with van der Waals surface area (Å²) in [5, 5.41) is 15.0. The van der Waals surface area contributed by atoms with Crippen LogP contribution >= 0.6 is 11.6 Å². The summed E-state index contributed by atoms with van der Waals surface area (Å²) in [6.07, 6.45) is 0.709. The highest BCUT2D eigenvalue weighted by molar-refractivity contribution is 6.33. The predicted octanol–water partition coefficient (Wildman–Crippen LogP) is 2.88. The lowest BCUT2D eigenvalue weighted by molar-refractivity contribution is 0.214. The number of ether oxygens (including phenoxy) is 1. The second kappa shape index (κ2) is 7.97. The monoisotopic (exact) mass is 300 g/mol.